The van der Waals surface area contributed by atoms with E-state index in [-0.39, 0.29) is 5.92 Å². The highest BCUT2D eigenvalue weighted by Crippen LogP contribution is 2.21. The monoisotopic (exact) mass is 184 g/mol. The Kier molecular flexibility index (Phi) is 3.72. The van der Waals surface area contributed by atoms with E-state index >= 15 is 0 Å². The van der Waals surface area contributed by atoms with Crippen LogP contribution in [0.3, 0.4) is 0 Å². The molecule has 76 valence electrons. The zero-order valence-electron chi connectivity index (χ0n) is 8.51. The highest BCUT2D eigenvalue weighted by molar-refractivity contribution is 5.86. The van der Waals surface area contributed by atoms with Crippen molar-refractivity contribution in [2.45, 2.75) is 51.7 Å². The Balaban J connectivity index is 2.31. The maximum atomic E-state index is 9.51. The van der Waals surface area contributed by atoms with Crippen LogP contribution in [0.4, 0.5) is 0 Å². The molecule has 1 fully saturated rings. The fraction of sp³-hybridized carbons (Fsp3) is 0.900. The van der Waals surface area contributed by atoms with Gasteiger partial charge < -0.3 is 10.4 Å². The van der Waals surface area contributed by atoms with Gasteiger partial charge in [-0.3, -0.25) is 5.41 Å². The first-order valence-electron chi connectivity index (χ1n) is 5.19. The number of hydrogen-bond acceptors (Lipinski definition) is 2. The first-order valence-corrected chi connectivity index (χ1v) is 5.19. The highest BCUT2D eigenvalue weighted by Gasteiger charge is 2.34. The number of hydrogen-bond donors (Lipinski definition) is 3. The van der Waals surface area contributed by atoms with Crippen molar-refractivity contribution < 1.29 is 5.11 Å². The van der Waals surface area contributed by atoms with Gasteiger partial charge in [-0.15, -0.1) is 0 Å². The molecule has 1 heterocycles. The van der Waals surface area contributed by atoms with E-state index in [2.05, 4.69) is 12.2 Å². The number of aliphatic hydroxyl groups excluding tert-OH is 1. The van der Waals surface area contributed by atoms with Crippen LogP contribution in [0, 0.1) is 11.3 Å². The van der Waals surface area contributed by atoms with Crippen molar-refractivity contribution in [3.05, 3.63) is 0 Å². The smallest absolute Gasteiger partial charge is 0.123 e. The lowest BCUT2D eigenvalue weighted by Gasteiger charge is -2.15. The third-order valence-electron chi connectivity index (χ3n) is 2.89. The van der Waals surface area contributed by atoms with Crippen LogP contribution in [0.15, 0.2) is 0 Å². The molecule has 0 bridgehead atoms. The molecule has 1 aliphatic heterocycles. The molecule has 0 spiro atoms. The zero-order valence-corrected chi connectivity index (χ0v) is 8.51. The number of nitrogens with one attached hydrogen (secondary N) is 2. The molecule has 0 radical (unpaired) electrons. The largest absolute Gasteiger partial charge is 0.385 e. The van der Waals surface area contributed by atoms with E-state index in [9.17, 15) is 5.11 Å². The Hall–Kier alpha value is -0.570. The molecule has 1 rings (SSSR count). The van der Waals surface area contributed by atoms with Crippen LogP contribution in [0.1, 0.15) is 39.5 Å². The van der Waals surface area contributed by atoms with E-state index in [1.54, 1.807) is 0 Å². The van der Waals surface area contributed by atoms with Gasteiger partial charge in [0, 0.05) is 12.0 Å². The number of unbranched alkanes of at least 4 members (excludes halogenated alkanes) is 2. The van der Waals surface area contributed by atoms with Crippen LogP contribution in [0.5, 0.6) is 0 Å². The van der Waals surface area contributed by atoms with Crippen LogP contribution in [-0.2, 0) is 0 Å². The van der Waals surface area contributed by atoms with Crippen LogP contribution in [-0.4, -0.2) is 23.1 Å². The summed E-state index contributed by atoms with van der Waals surface area (Å²) in [5.41, 5.74) is 0. The predicted octanol–water partition coefficient (Wildman–Crippen LogP) is 1.51. The quantitative estimate of drug-likeness (QED) is 0.580. The van der Waals surface area contributed by atoms with Gasteiger partial charge >= 0.3 is 0 Å². The van der Waals surface area contributed by atoms with Gasteiger partial charge in [-0.2, -0.15) is 0 Å². The number of rotatable bonds is 4. The second-order valence-corrected chi connectivity index (χ2v) is 3.96. The average Bonchev–Trinajstić information content (AvgIpc) is 2.34. The lowest BCUT2D eigenvalue weighted by molar-refractivity contribution is 0.179. The molecule has 3 heteroatoms. The van der Waals surface area contributed by atoms with Gasteiger partial charge in [0.2, 0.25) is 0 Å². The molecule has 0 amide bonds. The Morgan fingerprint density at radius 1 is 1.46 bits per heavy atom. The average molecular weight is 184 g/mol. The Morgan fingerprint density at radius 2 is 2.15 bits per heavy atom. The zero-order chi connectivity index (χ0) is 9.84. The molecule has 0 aliphatic carbocycles. The predicted molar refractivity (Wildman–Crippen MR) is 54.0 cm³/mol. The molecular formula is C10H20N2O. The summed E-state index contributed by atoms with van der Waals surface area (Å²) in [4.78, 5) is 0. The van der Waals surface area contributed by atoms with Crippen LogP contribution >= 0.6 is 0 Å². The fourth-order valence-electron chi connectivity index (χ4n) is 1.85. The standard InChI is InChI=1S/C10H20N2O/c1-3-4-5-6-8-7(2)9(13)10(11)12-8/h7-9,13H,3-6H2,1-2H3,(H2,11,12)/t7-,8-,9+/m1/s1. The second-order valence-electron chi connectivity index (χ2n) is 3.96. The molecule has 3 atom stereocenters. The van der Waals surface area contributed by atoms with Crippen molar-refractivity contribution in [1.29, 1.82) is 5.41 Å². The molecule has 13 heavy (non-hydrogen) atoms. The summed E-state index contributed by atoms with van der Waals surface area (Å²) in [7, 11) is 0. The molecule has 1 aliphatic rings. The van der Waals surface area contributed by atoms with E-state index in [0.29, 0.717) is 11.9 Å². The van der Waals surface area contributed by atoms with Gasteiger partial charge in [-0.1, -0.05) is 33.1 Å². The molecule has 0 aromatic carbocycles. The highest BCUT2D eigenvalue weighted by atomic mass is 16.3. The molecule has 0 saturated carbocycles. The van der Waals surface area contributed by atoms with Crippen LogP contribution < -0.4 is 5.32 Å². The fourth-order valence-corrected chi connectivity index (χ4v) is 1.85. The summed E-state index contributed by atoms with van der Waals surface area (Å²) in [6, 6.07) is 0.314. The third-order valence-corrected chi connectivity index (χ3v) is 2.89. The minimum atomic E-state index is -0.563. The molecule has 0 aromatic rings. The van der Waals surface area contributed by atoms with Gasteiger partial charge in [-0.25, -0.2) is 0 Å². The van der Waals surface area contributed by atoms with Gasteiger partial charge in [0.25, 0.3) is 0 Å². The van der Waals surface area contributed by atoms with Crippen LogP contribution in [0.2, 0.25) is 0 Å². The van der Waals surface area contributed by atoms with Crippen molar-refractivity contribution in [3.8, 4) is 0 Å². The van der Waals surface area contributed by atoms with Crippen molar-refractivity contribution in [2.75, 3.05) is 0 Å². The summed E-state index contributed by atoms with van der Waals surface area (Å²) >= 11 is 0. The summed E-state index contributed by atoms with van der Waals surface area (Å²) in [5, 5.41) is 20.0. The van der Waals surface area contributed by atoms with E-state index in [1.807, 2.05) is 6.92 Å². The van der Waals surface area contributed by atoms with Crippen molar-refractivity contribution >= 4 is 5.84 Å². The normalized spacial score (nSPS) is 33.5. The first-order chi connectivity index (χ1) is 6.16. The van der Waals surface area contributed by atoms with E-state index in [1.165, 1.54) is 19.3 Å². The molecule has 3 nitrogen and oxygen atoms in total. The maximum absolute atomic E-state index is 9.51. The van der Waals surface area contributed by atoms with Crippen molar-refractivity contribution in [1.82, 2.24) is 5.32 Å². The molecule has 1 saturated heterocycles. The van der Waals surface area contributed by atoms with Crippen molar-refractivity contribution in [3.63, 3.8) is 0 Å². The lowest BCUT2D eigenvalue weighted by atomic mass is 9.96. The molecule has 0 aromatic heterocycles. The van der Waals surface area contributed by atoms with Crippen LogP contribution in [0.25, 0.3) is 0 Å². The summed E-state index contributed by atoms with van der Waals surface area (Å²) in [6.07, 6.45) is 4.18. The Morgan fingerprint density at radius 3 is 2.62 bits per heavy atom. The van der Waals surface area contributed by atoms with E-state index in [4.69, 9.17) is 5.41 Å². The Bertz CT molecular complexity index is 182. The van der Waals surface area contributed by atoms with E-state index in [0.717, 1.165) is 6.42 Å². The summed E-state index contributed by atoms with van der Waals surface area (Å²) in [6.45, 7) is 4.19. The lowest BCUT2D eigenvalue weighted by Crippen LogP contribution is -2.27. The minimum absolute atomic E-state index is 0.198. The third kappa shape index (κ3) is 2.44. The topological polar surface area (TPSA) is 56.1 Å². The Labute approximate surface area is 80.0 Å². The first kappa shape index (κ1) is 10.5. The SMILES string of the molecule is CCCCC[C@H]1NC(=N)[C@@H](O)[C@@H]1C. The molecule has 3 N–H and O–H groups in total. The summed E-state index contributed by atoms with van der Waals surface area (Å²) in [5.74, 6) is 0.498. The van der Waals surface area contributed by atoms with Gasteiger partial charge in [0.05, 0.1) is 0 Å². The maximum Gasteiger partial charge on any atom is 0.123 e. The number of amidine groups is 1. The van der Waals surface area contributed by atoms with Crippen molar-refractivity contribution in [2.24, 2.45) is 5.92 Å². The van der Waals surface area contributed by atoms with Gasteiger partial charge in [0.15, 0.2) is 0 Å². The second kappa shape index (κ2) is 4.61. The molecule has 0 unspecified atom stereocenters. The summed E-state index contributed by atoms with van der Waals surface area (Å²) < 4.78 is 0. The number of aliphatic hydroxyl groups is 1. The van der Waals surface area contributed by atoms with E-state index < -0.39 is 6.10 Å². The van der Waals surface area contributed by atoms with Gasteiger partial charge in [-0.05, 0) is 6.42 Å². The minimum Gasteiger partial charge on any atom is -0.385 e. The molecular weight excluding hydrogens is 164 g/mol. The van der Waals surface area contributed by atoms with Gasteiger partial charge in [0.1, 0.15) is 11.9 Å².